The predicted octanol–water partition coefficient (Wildman–Crippen LogP) is 5.67. The van der Waals surface area contributed by atoms with E-state index >= 15 is 0 Å². The molecule has 1 aliphatic heterocycles. The van der Waals surface area contributed by atoms with Crippen molar-refractivity contribution in [1.82, 2.24) is 15.1 Å². The molecule has 1 atom stereocenters. The first-order valence-electron chi connectivity index (χ1n) is 9.81. The summed E-state index contributed by atoms with van der Waals surface area (Å²) in [4.78, 5) is 0. The molecule has 2 heterocycles. The van der Waals surface area contributed by atoms with Gasteiger partial charge in [-0.2, -0.15) is 5.10 Å². The highest BCUT2D eigenvalue weighted by Crippen LogP contribution is 2.31. The van der Waals surface area contributed by atoms with Crippen LogP contribution in [0.15, 0.2) is 43.0 Å². The zero-order valence-corrected chi connectivity index (χ0v) is 17.1. The fourth-order valence-corrected chi connectivity index (χ4v) is 3.34. The van der Waals surface area contributed by atoms with Gasteiger partial charge in [-0.1, -0.05) is 51.1 Å². The number of benzene rings is 1. The lowest BCUT2D eigenvalue weighted by Crippen LogP contribution is -2.28. The first-order chi connectivity index (χ1) is 13.0. The molecule has 0 saturated heterocycles. The van der Waals surface area contributed by atoms with Crippen LogP contribution in [0.5, 0.6) is 0 Å². The molecule has 0 saturated carbocycles. The van der Waals surface area contributed by atoms with Crippen LogP contribution < -0.4 is 5.32 Å². The van der Waals surface area contributed by atoms with Crippen molar-refractivity contribution >= 4 is 5.57 Å². The maximum atomic E-state index is 13.1. The van der Waals surface area contributed by atoms with Crippen molar-refractivity contribution in [1.29, 1.82) is 0 Å². The summed E-state index contributed by atoms with van der Waals surface area (Å²) in [7, 11) is 0. The summed E-state index contributed by atoms with van der Waals surface area (Å²) < 4.78 is 15.2. The Kier molecular flexibility index (Phi) is 7.99. The third-order valence-corrected chi connectivity index (χ3v) is 4.78. The third kappa shape index (κ3) is 5.39. The Bertz CT molecular complexity index is 768. The molecule has 0 radical (unpaired) electrons. The van der Waals surface area contributed by atoms with E-state index in [4.69, 9.17) is 5.10 Å². The molecule has 1 N–H and O–H groups in total. The van der Waals surface area contributed by atoms with Crippen LogP contribution in [0.3, 0.4) is 0 Å². The van der Waals surface area contributed by atoms with Gasteiger partial charge >= 0.3 is 0 Å². The van der Waals surface area contributed by atoms with Crippen molar-refractivity contribution in [2.45, 2.75) is 59.5 Å². The number of aromatic nitrogens is 2. The highest BCUT2D eigenvalue weighted by Gasteiger charge is 2.26. The predicted molar refractivity (Wildman–Crippen MR) is 112 cm³/mol. The van der Waals surface area contributed by atoms with E-state index in [0.29, 0.717) is 12.5 Å². The molecule has 0 bridgehead atoms. The van der Waals surface area contributed by atoms with Gasteiger partial charge in [-0.25, -0.2) is 4.39 Å². The molecule has 0 fully saturated rings. The molecule has 1 aliphatic rings. The summed E-state index contributed by atoms with van der Waals surface area (Å²) >= 11 is 0. The second-order valence-electron chi connectivity index (χ2n) is 7.05. The van der Waals surface area contributed by atoms with E-state index in [1.165, 1.54) is 23.4 Å². The fourth-order valence-electron chi connectivity index (χ4n) is 3.34. The number of nitrogens with zero attached hydrogens (tertiary/aromatic N) is 2. The van der Waals surface area contributed by atoms with Gasteiger partial charge in [0, 0.05) is 30.3 Å². The molecule has 146 valence electrons. The van der Waals surface area contributed by atoms with Crippen LogP contribution in [0.1, 0.15) is 69.0 Å². The van der Waals surface area contributed by atoms with Crippen LogP contribution in [-0.4, -0.2) is 16.3 Å². The largest absolute Gasteiger partial charge is 0.312 e. The van der Waals surface area contributed by atoms with Gasteiger partial charge in [0.15, 0.2) is 0 Å². The molecule has 3 nitrogen and oxygen atoms in total. The van der Waals surface area contributed by atoms with Gasteiger partial charge in [0.25, 0.3) is 0 Å². The van der Waals surface area contributed by atoms with Gasteiger partial charge in [-0.05, 0) is 43.5 Å². The molecule has 3 rings (SSSR count). The molecule has 0 spiro atoms. The van der Waals surface area contributed by atoms with Gasteiger partial charge in [-0.15, -0.1) is 0 Å². The lowest BCUT2D eigenvalue weighted by molar-refractivity contribution is 0.521. The van der Waals surface area contributed by atoms with Crippen molar-refractivity contribution in [2.24, 2.45) is 0 Å². The van der Waals surface area contributed by atoms with E-state index in [-0.39, 0.29) is 5.82 Å². The van der Waals surface area contributed by atoms with Crippen LogP contribution in [0.2, 0.25) is 0 Å². The maximum Gasteiger partial charge on any atom is 0.123 e. The molecular formula is C23H32FN3. The molecule has 1 aromatic carbocycles. The monoisotopic (exact) mass is 369 g/mol. The summed E-state index contributed by atoms with van der Waals surface area (Å²) in [5, 5.41) is 8.33. The smallest absolute Gasteiger partial charge is 0.123 e. The fraction of sp³-hybridized carbons (Fsp3) is 0.435. The first-order valence-corrected chi connectivity index (χ1v) is 9.81. The standard InChI is InChI=1S/C19H24FN3.C4H8/c1-4-5-13(2)18-17-11-21-10-14(3)19(17)23(22-18)12-15-6-8-16(20)9-7-15;1-3-4-2/h6-9,14,21H,2,4-5,10-12H2,1,3H3;3-4H,1-2H3/b;4-3-. The second-order valence-corrected chi connectivity index (χ2v) is 7.05. The topological polar surface area (TPSA) is 29.9 Å². The Labute approximate surface area is 163 Å². The SMILES string of the molecule is C/C=C\C.C=C(CCC)c1nn(Cc2ccc(F)cc2)c2c1CNCC2C. The maximum absolute atomic E-state index is 13.1. The van der Waals surface area contributed by atoms with Crippen molar-refractivity contribution in [2.75, 3.05) is 6.54 Å². The van der Waals surface area contributed by atoms with Crippen molar-refractivity contribution in [3.05, 3.63) is 71.3 Å². The average Bonchev–Trinajstić information content (AvgIpc) is 3.04. The lowest BCUT2D eigenvalue weighted by Gasteiger charge is -2.22. The van der Waals surface area contributed by atoms with E-state index in [9.17, 15) is 4.39 Å². The van der Waals surface area contributed by atoms with Gasteiger partial charge in [0.1, 0.15) is 5.82 Å². The lowest BCUT2D eigenvalue weighted by atomic mass is 9.95. The van der Waals surface area contributed by atoms with E-state index in [0.717, 1.165) is 42.8 Å². The van der Waals surface area contributed by atoms with E-state index in [1.54, 1.807) is 0 Å². The quantitative estimate of drug-likeness (QED) is 0.688. The summed E-state index contributed by atoms with van der Waals surface area (Å²) in [6.07, 6.45) is 6.04. The van der Waals surface area contributed by atoms with Gasteiger partial charge in [0.05, 0.1) is 12.2 Å². The van der Waals surface area contributed by atoms with Crippen LogP contribution in [-0.2, 0) is 13.1 Å². The molecule has 4 heteroatoms. The van der Waals surface area contributed by atoms with Crippen molar-refractivity contribution in [3.63, 3.8) is 0 Å². The van der Waals surface area contributed by atoms with Crippen LogP contribution in [0.4, 0.5) is 4.39 Å². The highest BCUT2D eigenvalue weighted by molar-refractivity contribution is 5.64. The first kappa shape index (κ1) is 21.1. The summed E-state index contributed by atoms with van der Waals surface area (Å²) in [6.45, 7) is 15.1. The van der Waals surface area contributed by atoms with Crippen LogP contribution >= 0.6 is 0 Å². The number of hydrogen-bond donors (Lipinski definition) is 1. The average molecular weight is 370 g/mol. The Morgan fingerprint density at radius 2 is 1.96 bits per heavy atom. The Balaban J connectivity index is 0.000000596. The highest BCUT2D eigenvalue weighted by atomic mass is 19.1. The molecular weight excluding hydrogens is 337 g/mol. The summed E-state index contributed by atoms with van der Waals surface area (Å²) in [5.41, 5.74) is 5.79. The number of rotatable bonds is 5. The molecule has 0 aliphatic carbocycles. The normalized spacial score (nSPS) is 16.0. The van der Waals surface area contributed by atoms with E-state index in [1.807, 2.05) is 38.1 Å². The van der Waals surface area contributed by atoms with Crippen molar-refractivity contribution in [3.8, 4) is 0 Å². The van der Waals surface area contributed by atoms with Gasteiger partial charge < -0.3 is 5.32 Å². The van der Waals surface area contributed by atoms with Gasteiger partial charge in [-0.3, -0.25) is 4.68 Å². The minimum Gasteiger partial charge on any atom is -0.312 e. The second kappa shape index (κ2) is 10.2. The van der Waals surface area contributed by atoms with Crippen molar-refractivity contribution < 1.29 is 4.39 Å². The minimum atomic E-state index is -0.203. The van der Waals surface area contributed by atoms with E-state index < -0.39 is 0 Å². The number of hydrogen-bond acceptors (Lipinski definition) is 2. The Morgan fingerprint density at radius 3 is 2.56 bits per heavy atom. The molecule has 27 heavy (non-hydrogen) atoms. The number of fused-ring (bicyclic) bond motifs is 1. The molecule has 2 aromatic rings. The van der Waals surface area contributed by atoms with Gasteiger partial charge in [0.2, 0.25) is 0 Å². The zero-order valence-electron chi connectivity index (χ0n) is 17.1. The molecule has 1 aromatic heterocycles. The van der Waals surface area contributed by atoms with Crippen LogP contribution in [0, 0.1) is 5.82 Å². The number of halogens is 1. The van der Waals surface area contributed by atoms with E-state index in [2.05, 4.69) is 30.4 Å². The number of nitrogens with one attached hydrogen (secondary N) is 1. The third-order valence-electron chi connectivity index (χ3n) is 4.78. The Morgan fingerprint density at radius 1 is 1.30 bits per heavy atom. The molecule has 1 unspecified atom stereocenters. The minimum absolute atomic E-state index is 0.203. The Hall–Kier alpha value is -2.20. The van der Waals surface area contributed by atoms with Crippen LogP contribution in [0.25, 0.3) is 5.57 Å². The summed E-state index contributed by atoms with van der Waals surface area (Å²) in [6, 6.07) is 6.67. The number of allylic oxidation sites excluding steroid dienone is 3. The zero-order chi connectivity index (χ0) is 19.8. The molecule has 0 amide bonds. The summed E-state index contributed by atoms with van der Waals surface area (Å²) in [5.74, 6) is 0.209.